The minimum absolute atomic E-state index is 0.314. The molecule has 2 atom stereocenters. The Balaban J connectivity index is 1.89. The van der Waals surface area contributed by atoms with Gasteiger partial charge < -0.3 is 9.47 Å². The van der Waals surface area contributed by atoms with E-state index in [9.17, 15) is 0 Å². The summed E-state index contributed by atoms with van der Waals surface area (Å²) in [7, 11) is 0. The Kier molecular flexibility index (Phi) is 3.62. The van der Waals surface area contributed by atoms with Gasteiger partial charge in [-0.25, -0.2) is 0 Å². The fourth-order valence-corrected chi connectivity index (χ4v) is 2.11. The average molecular weight is 220 g/mol. The third kappa shape index (κ3) is 3.06. The summed E-state index contributed by atoms with van der Waals surface area (Å²) in [5, 5.41) is 0. The predicted molar refractivity (Wildman–Crippen MR) is 64.3 cm³/mol. The third-order valence-corrected chi connectivity index (χ3v) is 3.09. The fraction of sp³-hybridized carbons (Fsp3) is 0.571. The first-order valence-corrected chi connectivity index (χ1v) is 6.04. The maximum absolute atomic E-state index is 5.87. The zero-order chi connectivity index (χ0) is 11.4. The Morgan fingerprint density at radius 2 is 2.06 bits per heavy atom. The predicted octanol–water partition coefficient (Wildman–Crippen LogP) is 3.16. The van der Waals surface area contributed by atoms with Crippen LogP contribution in [0.2, 0.25) is 0 Å². The first-order valence-electron chi connectivity index (χ1n) is 6.04. The van der Waals surface area contributed by atoms with E-state index in [0.29, 0.717) is 6.10 Å². The van der Waals surface area contributed by atoms with Crippen LogP contribution >= 0.6 is 0 Å². The van der Waals surface area contributed by atoms with Crippen molar-refractivity contribution < 1.29 is 9.47 Å². The average Bonchev–Trinajstić information content (AvgIpc) is 2.28. The molecule has 0 N–H and O–H groups in total. The van der Waals surface area contributed by atoms with Crippen molar-refractivity contribution in [2.45, 2.75) is 45.0 Å². The number of hydrogen-bond acceptors (Lipinski definition) is 2. The van der Waals surface area contributed by atoms with Gasteiger partial charge in [0, 0.05) is 6.42 Å². The molecule has 1 saturated heterocycles. The molecule has 16 heavy (non-hydrogen) atoms. The summed E-state index contributed by atoms with van der Waals surface area (Å²) < 4.78 is 11.6. The van der Waals surface area contributed by atoms with Crippen LogP contribution in [0.1, 0.15) is 32.3 Å². The van der Waals surface area contributed by atoms with Crippen molar-refractivity contribution in [2.24, 2.45) is 0 Å². The molecule has 0 aromatic heterocycles. The van der Waals surface area contributed by atoms with Crippen LogP contribution in [-0.2, 0) is 15.9 Å². The second kappa shape index (κ2) is 4.98. The van der Waals surface area contributed by atoms with Gasteiger partial charge in [-0.3, -0.25) is 0 Å². The van der Waals surface area contributed by atoms with Gasteiger partial charge in [-0.15, -0.1) is 0 Å². The van der Waals surface area contributed by atoms with Crippen LogP contribution in [0.5, 0.6) is 0 Å². The Hall–Kier alpha value is -0.860. The fourth-order valence-electron chi connectivity index (χ4n) is 2.11. The van der Waals surface area contributed by atoms with Crippen molar-refractivity contribution in [3.8, 4) is 0 Å². The monoisotopic (exact) mass is 220 g/mol. The number of benzene rings is 1. The molecular formula is C14H20O2. The van der Waals surface area contributed by atoms with Gasteiger partial charge in [-0.2, -0.15) is 0 Å². The van der Waals surface area contributed by atoms with E-state index >= 15 is 0 Å². The smallest absolute Gasteiger partial charge is 0.166 e. The van der Waals surface area contributed by atoms with E-state index in [0.717, 1.165) is 25.9 Å². The Morgan fingerprint density at radius 3 is 2.75 bits per heavy atom. The Labute approximate surface area is 97.6 Å². The normalized spacial score (nSPS) is 30.2. The molecule has 0 unspecified atom stereocenters. The molecule has 0 amide bonds. The van der Waals surface area contributed by atoms with Gasteiger partial charge in [0.1, 0.15) is 0 Å². The summed E-state index contributed by atoms with van der Waals surface area (Å²) in [5.41, 5.74) is 1.34. The van der Waals surface area contributed by atoms with Crippen LogP contribution in [-0.4, -0.2) is 18.5 Å². The van der Waals surface area contributed by atoms with E-state index in [1.165, 1.54) is 5.56 Å². The molecule has 1 heterocycles. The van der Waals surface area contributed by atoms with E-state index < -0.39 is 5.79 Å². The maximum Gasteiger partial charge on any atom is 0.166 e. The molecule has 2 heteroatoms. The Bertz CT molecular complexity index is 323. The lowest BCUT2D eigenvalue weighted by Gasteiger charge is -2.37. The van der Waals surface area contributed by atoms with E-state index in [-0.39, 0.29) is 0 Å². The highest BCUT2D eigenvalue weighted by molar-refractivity contribution is 5.14. The van der Waals surface area contributed by atoms with Crippen molar-refractivity contribution in [3.05, 3.63) is 35.9 Å². The Morgan fingerprint density at radius 1 is 1.31 bits per heavy atom. The van der Waals surface area contributed by atoms with Crippen LogP contribution in [0, 0.1) is 0 Å². The van der Waals surface area contributed by atoms with Crippen LogP contribution in [0.25, 0.3) is 0 Å². The lowest BCUT2D eigenvalue weighted by molar-refractivity contribution is -0.282. The van der Waals surface area contributed by atoms with E-state index in [1.54, 1.807) is 0 Å². The molecule has 1 aromatic rings. The van der Waals surface area contributed by atoms with E-state index in [1.807, 2.05) is 13.0 Å². The number of hydrogen-bond donors (Lipinski definition) is 0. The van der Waals surface area contributed by atoms with E-state index in [2.05, 4.69) is 31.2 Å². The molecule has 0 saturated carbocycles. The van der Waals surface area contributed by atoms with Crippen LogP contribution in [0.3, 0.4) is 0 Å². The molecule has 0 spiro atoms. The lowest BCUT2D eigenvalue weighted by atomic mass is 10.0. The molecule has 2 rings (SSSR count). The first-order chi connectivity index (χ1) is 7.68. The van der Waals surface area contributed by atoms with Crippen LogP contribution in [0.4, 0.5) is 0 Å². The van der Waals surface area contributed by atoms with Gasteiger partial charge in [0.2, 0.25) is 0 Å². The van der Waals surface area contributed by atoms with Crippen molar-refractivity contribution in [2.75, 3.05) is 6.61 Å². The van der Waals surface area contributed by atoms with Crippen LogP contribution in [0.15, 0.2) is 30.3 Å². The minimum Gasteiger partial charge on any atom is -0.350 e. The highest BCUT2D eigenvalue weighted by Gasteiger charge is 2.31. The number of aryl methyl sites for hydroxylation is 1. The minimum atomic E-state index is -0.395. The summed E-state index contributed by atoms with van der Waals surface area (Å²) in [6, 6.07) is 10.5. The largest absolute Gasteiger partial charge is 0.350 e. The van der Waals surface area contributed by atoms with Gasteiger partial charge >= 0.3 is 0 Å². The number of ether oxygens (including phenoxy) is 2. The molecule has 1 aliphatic heterocycles. The van der Waals surface area contributed by atoms with Gasteiger partial charge in [-0.1, -0.05) is 30.3 Å². The van der Waals surface area contributed by atoms with E-state index in [4.69, 9.17) is 9.47 Å². The summed E-state index contributed by atoms with van der Waals surface area (Å²) in [4.78, 5) is 0. The summed E-state index contributed by atoms with van der Waals surface area (Å²) >= 11 is 0. The third-order valence-electron chi connectivity index (χ3n) is 3.09. The van der Waals surface area contributed by atoms with Crippen LogP contribution < -0.4 is 0 Å². The quantitative estimate of drug-likeness (QED) is 0.779. The molecule has 0 bridgehead atoms. The van der Waals surface area contributed by atoms with Gasteiger partial charge in [-0.05, 0) is 32.3 Å². The molecule has 0 aliphatic carbocycles. The summed E-state index contributed by atoms with van der Waals surface area (Å²) in [6.07, 6.45) is 3.24. The lowest BCUT2D eigenvalue weighted by Crippen LogP contribution is -2.41. The van der Waals surface area contributed by atoms with Gasteiger partial charge in [0.25, 0.3) is 0 Å². The van der Waals surface area contributed by atoms with Gasteiger partial charge in [0.05, 0.1) is 12.7 Å². The zero-order valence-corrected chi connectivity index (χ0v) is 10.1. The van der Waals surface area contributed by atoms with Crippen molar-refractivity contribution in [1.29, 1.82) is 0 Å². The summed E-state index contributed by atoms with van der Waals surface area (Å²) in [6.45, 7) is 4.97. The van der Waals surface area contributed by atoms with Crippen molar-refractivity contribution >= 4 is 0 Å². The standard InChI is InChI=1S/C14H20O2/c1-12-9-11-15-14(2,16-12)10-8-13-6-4-3-5-7-13/h3-7,12H,8-11H2,1-2H3/t12-,14-/m0/s1. The second-order valence-corrected chi connectivity index (χ2v) is 4.69. The molecule has 88 valence electrons. The van der Waals surface area contributed by atoms with Crippen molar-refractivity contribution in [3.63, 3.8) is 0 Å². The highest BCUT2D eigenvalue weighted by Crippen LogP contribution is 2.27. The zero-order valence-electron chi connectivity index (χ0n) is 10.1. The SMILES string of the molecule is C[C@H]1CCO[C@](C)(CCc2ccccc2)O1. The molecule has 1 aromatic carbocycles. The number of rotatable bonds is 3. The molecule has 1 fully saturated rings. The highest BCUT2D eigenvalue weighted by atomic mass is 16.7. The topological polar surface area (TPSA) is 18.5 Å². The van der Waals surface area contributed by atoms with Crippen molar-refractivity contribution in [1.82, 2.24) is 0 Å². The second-order valence-electron chi connectivity index (χ2n) is 4.69. The summed E-state index contributed by atoms with van der Waals surface area (Å²) in [5.74, 6) is -0.395. The molecule has 2 nitrogen and oxygen atoms in total. The molecule has 1 aliphatic rings. The maximum atomic E-state index is 5.87. The molecule has 0 radical (unpaired) electrons. The van der Waals surface area contributed by atoms with Gasteiger partial charge in [0.15, 0.2) is 5.79 Å². The first kappa shape index (κ1) is 11.6. The molecular weight excluding hydrogens is 200 g/mol.